The van der Waals surface area contributed by atoms with Crippen molar-refractivity contribution in [2.24, 2.45) is 5.92 Å². The van der Waals surface area contributed by atoms with Crippen LogP contribution in [-0.4, -0.2) is 18.1 Å². The van der Waals surface area contributed by atoms with E-state index in [1.807, 2.05) is 0 Å². The number of oxazole rings is 1. The smallest absolute Gasteiger partial charge is 0.194 e. The third kappa shape index (κ3) is 4.55. The van der Waals surface area contributed by atoms with Crippen molar-refractivity contribution in [2.45, 2.75) is 26.7 Å². The third-order valence-corrected chi connectivity index (χ3v) is 3.45. The fourth-order valence-electron chi connectivity index (χ4n) is 2.00. The van der Waals surface area contributed by atoms with Crippen LogP contribution >= 0.6 is 11.6 Å². The number of aryl methyl sites for hydroxylation is 1. The summed E-state index contributed by atoms with van der Waals surface area (Å²) in [5.41, 5.74) is 0.536. The van der Waals surface area contributed by atoms with Gasteiger partial charge in [0, 0.05) is 12.0 Å². The molecule has 2 rings (SSSR count). The van der Waals surface area contributed by atoms with Crippen LogP contribution in [0.5, 0.6) is 0 Å². The van der Waals surface area contributed by atoms with Crippen LogP contribution in [0.3, 0.4) is 0 Å². The summed E-state index contributed by atoms with van der Waals surface area (Å²) < 4.78 is 19.1. The minimum Gasteiger partial charge on any atom is -0.441 e. The lowest BCUT2D eigenvalue weighted by molar-refractivity contribution is 0.483. The van der Waals surface area contributed by atoms with Crippen molar-refractivity contribution in [2.75, 3.05) is 13.1 Å². The molecule has 0 radical (unpaired) electrons. The zero-order chi connectivity index (χ0) is 15.2. The molecule has 0 saturated carbocycles. The topological polar surface area (TPSA) is 38.1 Å². The highest BCUT2D eigenvalue weighted by Crippen LogP contribution is 2.30. The van der Waals surface area contributed by atoms with Crippen LogP contribution in [0.2, 0.25) is 5.02 Å². The van der Waals surface area contributed by atoms with Gasteiger partial charge in [-0.15, -0.1) is 0 Å². The first-order valence-electron chi connectivity index (χ1n) is 7.17. The molecule has 0 unspecified atom stereocenters. The van der Waals surface area contributed by atoms with Crippen molar-refractivity contribution in [3.63, 3.8) is 0 Å². The number of halogens is 2. The minimum absolute atomic E-state index is 0.0683. The van der Waals surface area contributed by atoms with Crippen LogP contribution in [0.15, 0.2) is 28.8 Å². The molecule has 5 heteroatoms. The second-order valence-corrected chi connectivity index (χ2v) is 5.80. The Kier molecular flexibility index (Phi) is 5.76. The number of hydrogen-bond donors (Lipinski definition) is 1. The van der Waals surface area contributed by atoms with Crippen LogP contribution in [0.4, 0.5) is 4.39 Å². The highest BCUT2D eigenvalue weighted by Gasteiger charge is 2.12. The maximum atomic E-state index is 13.4. The summed E-state index contributed by atoms with van der Waals surface area (Å²) in [4.78, 5) is 4.22. The Balaban J connectivity index is 1.91. The lowest BCUT2D eigenvalue weighted by Gasteiger charge is -2.05. The molecule has 0 aliphatic heterocycles. The van der Waals surface area contributed by atoms with E-state index in [1.165, 1.54) is 6.07 Å². The molecule has 0 aliphatic rings. The van der Waals surface area contributed by atoms with E-state index in [9.17, 15) is 4.39 Å². The monoisotopic (exact) mass is 310 g/mol. The van der Waals surface area contributed by atoms with E-state index in [0.717, 1.165) is 25.9 Å². The first kappa shape index (κ1) is 16.0. The molecular weight excluding hydrogens is 291 g/mol. The summed E-state index contributed by atoms with van der Waals surface area (Å²) in [6, 6.07) is 4.65. The predicted octanol–water partition coefficient (Wildman–Crippen LogP) is 4.31. The lowest BCUT2D eigenvalue weighted by atomic mass is 10.2. The van der Waals surface area contributed by atoms with Crippen molar-refractivity contribution >= 4 is 11.6 Å². The van der Waals surface area contributed by atoms with Crippen molar-refractivity contribution in [1.29, 1.82) is 0 Å². The molecule has 21 heavy (non-hydrogen) atoms. The van der Waals surface area contributed by atoms with Crippen LogP contribution in [-0.2, 0) is 6.42 Å². The van der Waals surface area contributed by atoms with Gasteiger partial charge in [-0.25, -0.2) is 9.37 Å². The molecule has 0 aliphatic carbocycles. The van der Waals surface area contributed by atoms with Gasteiger partial charge in [0.1, 0.15) is 5.82 Å². The van der Waals surface area contributed by atoms with Crippen molar-refractivity contribution < 1.29 is 8.81 Å². The lowest BCUT2D eigenvalue weighted by Crippen LogP contribution is -2.21. The van der Waals surface area contributed by atoms with E-state index in [0.29, 0.717) is 23.1 Å². The number of hydrogen-bond acceptors (Lipinski definition) is 3. The van der Waals surface area contributed by atoms with Crippen molar-refractivity contribution in [3.05, 3.63) is 41.1 Å². The Morgan fingerprint density at radius 1 is 1.38 bits per heavy atom. The zero-order valence-corrected chi connectivity index (χ0v) is 13.1. The van der Waals surface area contributed by atoms with E-state index in [1.54, 1.807) is 18.3 Å². The first-order valence-corrected chi connectivity index (χ1v) is 7.55. The van der Waals surface area contributed by atoms with Crippen LogP contribution < -0.4 is 5.32 Å². The Morgan fingerprint density at radius 2 is 2.19 bits per heavy atom. The van der Waals surface area contributed by atoms with E-state index in [4.69, 9.17) is 16.0 Å². The molecule has 0 atom stereocenters. The molecule has 0 bridgehead atoms. The van der Waals surface area contributed by atoms with Gasteiger partial charge in [0.2, 0.25) is 0 Å². The molecular formula is C16H20ClFN2O. The van der Waals surface area contributed by atoms with Gasteiger partial charge < -0.3 is 9.73 Å². The standard InChI is InChI=1S/C16H20ClFN2O/c1-11(2)9-19-8-4-7-15-20-10-14(21-15)12-5-3-6-13(18)16(12)17/h3,5-6,10-11,19H,4,7-9H2,1-2H3. The molecule has 0 fully saturated rings. The largest absolute Gasteiger partial charge is 0.441 e. The summed E-state index contributed by atoms with van der Waals surface area (Å²) in [7, 11) is 0. The van der Waals surface area contributed by atoms with Crippen LogP contribution in [0, 0.1) is 11.7 Å². The second kappa shape index (κ2) is 7.57. The molecule has 1 N–H and O–H groups in total. The predicted molar refractivity (Wildman–Crippen MR) is 82.9 cm³/mol. The van der Waals surface area contributed by atoms with Gasteiger partial charge in [0.05, 0.1) is 11.2 Å². The van der Waals surface area contributed by atoms with Crippen LogP contribution in [0.1, 0.15) is 26.2 Å². The quantitative estimate of drug-likeness (QED) is 0.774. The third-order valence-electron chi connectivity index (χ3n) is 3.07. The molecule has 3 nitrogen and oxygen atoms in total. The summed E-state index contributed by atoms with van der Waals surface area (Å²) >= 11 is 5.94. The van der Waals surface area contributed by atoms with Gasteiger partial charge >= 0.3 is 0 Å². The number of benzene rings is 1. The molecule has 1 aromatic carbocycles. The normalized spacial score (nSPS) is 11.3. The van der Waals surface area contributed by atoms with Crippen molar-refractivity contribution in [1.82, 2.24) is 10.3 Å². The maximum absolute atomic E-state index is 13.4. The summed E-state index contributed by atoms with van der Waals surface area (Å²) in [5.74, 6) is 1.35. The second-order valence-electron chi connectivity index (χ2n) is 5.42. The molecule has 0 spiro atoms. The zero-order valence-electron chi connectivity index (χ0n) is 12.3. The van der Waals surface area contributed by atoms with Gasteiger partial charge in [-0.1, -0.05) is 31.5 Å². The van der Waals surface area contributed by atoms with Crippen molar-refractivity contribution in [3.8, 4) is 11.3 Å². The van der Waals surface area contributed by atoms with Gasteiger partial charge in [0.15, 0.2) is 11.7 Å². The average Bonchev–Trinajstić information content (AvgIpc) is 2.90. The van der Waals surface area contributed by atoms with E-state index in [2.05, 4.69) is 24.1 Å². The Hall–Kier alpha value is -1.39. The summed E-state index contributed by atoms with van der Waals surface area (Å²) in [6.07, 6.45) is 3.29. The fourth-order valence-corrected chi connectivity index (χ4v) is 2.22. The molecule has 1 heterocycles. The van der Waals surface area contributed by atoms with E-state index < -0.39 is 5.82 Å². The average molecular weight is 311 g/mol. The summed E-state index contributed by atoms with van der Waals surface area (Å²) in [6.45, 7) is 6.29. The highest BCUT2D eigenvalue weighted by molar-refractivity contribution is 6.33. The molecule has 114 valence electrons. The molecule has 0 amide bonds. The Labute approximate surface area is 129 Å². The van der Waals surface area contributed by atoms with E-state index in [-0.39, 0.29) is 5.02 Å². The number of nitrogens with one attached hydrogen (secondary N) is 1. The molecule has 0 saturated heterocycles. The Morgan fingerprint density at radius 3 is 2.95 bits per heavy atom. The summed E-state index contributed by atoms with van der Waals surface area (Å²) in [5, 5.41) is 3.44. The minimum atomic E-state index is -0.454. The Bertz CT molecular complexity index is 583. The van der Waals surface area contributed by atoms with Crippen LogP contribution in [0.25, 0.3) is 11.3 Å². The van der Waals surface area contributed by atoms with E-state index >= 15 is 0 Å². The number of rotatable bonds is 7. The number of nitrogens with zero attached hydrogens (tertiary/aromatic N) is 1. The molecule has 1 aromatic heterocycles. The first-order chi connectivity index (χ1) is 10.1. The van der Waals surface area contributed by atoms with Gasteiger partial charge in [0.25, 0.3) is 0 Å². The van der Waals surface area contributed by atoms with Gasteiger partial charge in [-0.2, -0.15) is 0 Å². The maximum Gasteiger partial charge on any atom is 0.194 e. The van der Waals surface area contributed by atoms with Gasteiger partial charge in [-0.05, 0) is 37.6 Å². The highest BCUT2D eigenvalue weighted by atomic mass is 35.5. The number of aromatic nitrogens is 1. The van der Waals surface area contributed by atoms with Gasteiger partial charge in [-0.3, -0.25) is 0 Å². The fraction of sp³-hybridized carbons (Fsp3) is 0.438. The SMILES string of the molecule is CC(C)CNCCCc1ncc(-c2cccc(F)c2Cl)o1. The molecule has 2 aromatic rings.